The number of benzene rings is 1. The molecule has 0 fully saturated rings. The normalized spacial score (nSPS) is 10.8. The number of hydrogen-bond acceptors (Lipinski definition) is 3. The van der Waals surface area contributed by atoms with Gasteiger partial charge in [-0.1, -0.05) is 13.0 Å². The van der Waals surface area contributed by atoms with E-state index in [1.807, 2.05) is 0 Å². The fourth-order valence-electron chi connectivity index (χ4n) is 2.10. The number of anilines is 1. The van der Waals surface area contributed by atoms with Crippen LogP contribution in [0.15, 0.2) is 33.6 Å². The van der Waals surface area contributed by atoms with Crippen molar-refractivity contribution in [3.8, 4) is 0 Å². The number of aromatic nitrogens is 2. The van der Waals surface area contributed by atoms with Gasteiger partial charge in [-0.2, -0.15) is 5.10 Å². The fourth-order valence-corrected chi connectivity index (χ4v) is 3.27. The molecule has 0 aliphatic rings. The summed E-state index contributed by atoms with van der Waals surface area (Å²) in [5, 5.41) is 8.10. The zero-order chi connectivity index (χ0) is 14.5. The second kappa shape index (κ2) is 7.18. The quantitative estimate of drug-likeness (QED) is 0.771. The lowest BCUT2D eigenvalue weighted by Gasteiger charge is -2.09. The Bertz CT molecular complexity index is 580. The highest BCUT2D eigenvalue weighted by molar-refractivity contribution is 9.10. The van der Waals surface area contributed by atoms with E-state index >= 15 is 0 Å². The van der Waals surface area contributed by atoms with E-state index in [0.717, 1.165) is 35.4 Å². The van der Waals surface area contributed by atoms with Gasteiger partial charge in [-0.05, 0) is 53.7 Å². The van der Waals surface area contributed by atoms with E-state index in [0.29, 0.717) is 0 Å². The molecular formula is C15H20BrN3S. The topological polar surface area (TPSA) is 29.9 Å². The molecule has 0 saturated carbocycles. The van der Waals surface area contributed by atoms with Crippen molar-refractivity contribution < 1.29 is 0 Å². The molecule has 1 heterocycles. The Morgan fingerprint density at radius 1 is 1.35 bits per heavy atom. The van der Waals surface area contributed by atoms with E-state index in [9.17, 15) is 0 Å². The van der Waals surface area contributed by atoms with Gasteiger partial charge in [0.15, 0.2) is 0 Å². The summed E-state index contributed by atoms with van der Waals surface area (Å²) in [7, 11) is 0. The van der Waals surface area contributed by atoms with Crippen molar-refractivity contribution >= 4 is 33.4 Å². The summed E-state index contributed by atoms with van der Waals surface area (Å²) in [6.45, 7) is 5.92. The van der Waals surface area contributed by atoms with Crippen molar-refractivity contribution in [3.05, 3.63) is 40.1 Å². The van der Waals surface area contributed by atoms with Crippen LogP contribution in [0.5, 0.6) is 0 Å². The third-order valence-corrected chi connectivity index (χ3v) is 4.86. The smallest absolute Gasteiger partial charge is 0.0767 e. The minimum absolute atomic E-state index is 0.777. The van der Waals surface area contributed by atoms with Gasteiger partial charge >= 0.3 is 0 Å². The Hall–Kier alpha value is -0.940. The van der Waals surface area contributed by atoms with Crippen molar-refractivity contribution in [2.45, 2.75) is 38.3 Å². The Kier molecular flexibility index (Phi) is 5.54. The zero-order valence-electron chi connectivity index (χ0n) is 12.1. The molecular weight excluding hydrogens is 334 g/mol. The minimum Gasteiger partial charge on any atom is -0.379 e. The number of aryl methyl sites for hydroxylation is 2. The van der Waals surface area contributed by atoms with Gasteiger partial charge in [0.2, 0.25) is 0 Å². The second-order valence-electron chi connectivity index (χ2n) is 4.46. The molecule has 1 aromatic carbocycles. The third kappa shape index (κ3) is 3.38. The van der Waals surface area contributed by atoms with Crippen LogP contribution in [0, 0.1) is 0 Å². The van der Waals surface area contributed by atoms with Gasteiger partial charge in [-0.25, -0.2) is 0 Å². The molecule has 3 nitrogen and oxygen atoms in total. The van der Waals surface area contributed by atoms with E-state index in [4.69, 9.17) is 0 Å². The number of rotatable bonds is 6. The zero-order valence-corrected chi connectivity index (χ0v) is 14.5. The molecule has 0 aliphatic heterocycles. The molecule has 0 unspecified atom stereocenters. The molecule has 2 aromatic rings. The predicted molar refractivity (Wildman–Crippen MR) is 90.5 cm³/mol. The van der Waals surface area contributed by atoms with Crippen LogP contribution in [0.2, 0.25) is 0 Å². The van der Waals surface area contributed by atoms with Crippen LogP contribution < -0.4 is 5.32 Å². The summed E-state index contributed by atoms with van der Waals surface area (Å²) in [6.07, 6.45) is 3.04. The maximum atomic E-state index is 4.62. The molecule has 0 spiro atoms. The summed E-state index contributed by atoms with van der Waals surface area (Å²) in [4.78, 5) is 1.27. The standard InChI is InChI=1S/C15H20BrN3S/c1-4-13-15(16)14(19(5-2)18-13)10-17-11-7-6-8-12(9-11)20-3/h6-9,17H,4-5,10H2,1-3H3. The maximum absolute atomic E-state index is 4.62. The van der Waals surface area contributed by atoms with Crippen LogP contribution >= 0.6 is 27.7 Å². The molecule has 20 heavy (non-hydrogen) atoms. The monoisotopic (exact) mass is 353 g/mol. The van der Waals surface area contributed by atoms with Crippen LogP contribution in [0.4, 0.5) is 5.69 Å². The molecule has 5 heteroatoms. The van der Waals surface area contributed by atoms with Crippen molar-refractivity contribution in [1.82, 2.24) is 9.78 Å². The Morgan fingerprint density at radius 3 is 2.80 bits per heavy atom. The van der Waals surface area contributed by atoms with Gasteiger partial charge in [0, 0.05) is 17.1 Å². The van der Waals surface area contributed by atoms with E-state index in [2.05, 4.69) is 75.4 Å². The third-order valence-electron chi connectivity index (χ3n) is 3.22. The molecule has 0 bridgehead atoms. The number of nitrogens with one attached hydrogen (secondary N) is 1. The van der Waals surface area contributed by atoms with Gasteiger partial charge < -0.3 is 5.32 Å². The van der Waals surface area contributed by atoms with Crippen molar-refractivity contribution in [2.75, 3.05) is 11.6 Å². The van der Waals surface area contributed by atoms with E-state index < -0.39 is 0 Å². The first-order valence-corrected chi connectivity index (χ1v) is 8.83. The predicted octanol–water partition coefficient (Wildman–Crippen LogP) is 4.56. The van der Waals surface area contributed by atoms with Gasteiger partial charge in [0.25, 0.3) is 0 Å². The molecule has 0 amide bonds. The highest BCUT2D eigenvalue weighted by atomic mass is 79.9. The van der Waals surface area contributed by atoms with Gasteiger partial charge in [-0.3, -0.25) is 4.68 Å². The minimum atomic E-state index is 0.777. The lowest BCUT2D eigenvalue weighted by atomic mass is 10.3. The van der Waals surface area contributed by atoms with Gasteiger partial charge in [-0.15, -0.1) is 11.8 Å². The van der Waals surface area contributed by atoms with Crippen LogP contribution in [0.3, 0.4) is 0 Å². The lowest BCUT2D eigenvalue weighted by molar-refractivity contribution is 0.619. The average Bonchev–Trinajstić information content (AvgIpc) is 2.81. The molecule has 1 N–H and O–H groups in total. The SMILES string of the molecule is CCc1nn(CC)c(CNc2cccc(SC)c2)c1Br. The van der Waals surface area contributed by atoms with E-state index in [1.54, 1.807) is 11.8 Å². The number of nitrogens with zero attached hydrogens (tertiary/aromatic N) is 2. The summed E-state index contributed by atoms with van der Waals surface area (Å²) >= 11 is 5.43. The summed E-state index contributed by atoms with van der Waals surface area (Å²) < 4.78 is 3.20. The summed E-state index contributed by atoms with van der Waals surface area (Å²) in [5.41, 5.74) is 3.48. The Labute approximate surface area is 133 Å². The Morgan fingerprint density at radius 2 is 2.15 bits per heavy atom. The number of hydrogen-bond donors (Lipinski definition) is 1. The highest BCUT2D eigenvalue weighted by Gasteiger charge is 2.13. The van der Waals surface area contributed by atoms with Crippen molar-refractivity contribution in [3.63, 3.8) is 0 Å². The molecule has 108 valence electrons. The fraction of sp³-hybridized carbons (Fsp3) is 0.400. The largest absolute Gasteiger partial charge is 0.379 e. The maximum Gasteiger partial charge on any atom is 0.0767 e. The summed E-state index contributed by atoms with van der Waals surface area (Å²) in [5.74, 6) is 0. The van der Waals surface area contributed by atoms with E-state index in [1.165, 1.54) is 10.6 Å². The lowest BCUT2D eigenvalue weighted by Crippen LogP contribution is -2.08. The van der Waals surface area contributed by atoms with Crippen LogP contribution in [0.1, 0.15) is 25.2 Å². The molecule has 0 aliphatic carbocycles. The van der Waals surface area contributed by atoms with E-state index in [-0.39, 0.29) is 0 Å². The summed E-state index contributed by atoms with van der Waals surface area (Å²) in [6, 6.07) is 8.47. The molecule has 2 rings (SSSR count). The number of halogens is 1. The van der Waals surface area contributed by atoms with Crippen molar-refractivity contribution in [2.24, 2.45) is 0 Å². The van der Waals surface area contributed by atoms with Crippen LogP contribution in [0.25, 0.3) is 0 Å². The first-order valence-electron chi connectivity index (χ1n) is 6.81. The first kappa shape index (κ1) is 15.4. The van der Waals surface area contributed by atoms with Crippen LogP contribution in [-0.4, -0.2) is 16.0 Å². The highest BCUT2D eigenvalue weighted by Crippen LogP contribution is 2.24. The molecule has 0 radical (unpaired) electrons. The first-order chi connectivity index (χ1) is 9.69. The molecule has 1 aromatic heterocycles. The van der Waals surface area contributed by atoms with Gasteiger partial charge in [0.05, 0.1) is 22.4 Å². The molecule has 0 saturated heterocycles. The molecule has 0 atom stereocenters. The number of thioether (sulfide) groups is 1. The van der Waals surface area contributed by atoms with Crippen molar-refractivity contribution in [1.29, 1.82) is 0 Å². The second-order valence-corrected chi connectivity index (χ2v) is 6.13. The average molecular weight is 354 g/mol. The van der Waals surface area contributed by atoms with Crippen LogP contribution in [-0.2, 0) is 19.5 Å². The van der Waals surface area contributed by atoms with Gasteiger partial charge in [0.1, 0.15) is 0 Å². The Balaban J connectivity index is 2.15.